The van der Waals surface area contributed by atoms with Crippen molar-refractivity contribution in [3.63, 3.8) is 0 Å². The van der Waals surface area contributed by atoms with Gasteiger partial charge in [0.25, 0.3) is 0 Å². The van der Waals surface area contributed by atoms with Gasteiger partial charge in [-0.1, -0.05) is 13.0 Å². The van der Waals surface area contributed by atoms with Crippen molar-refractivity contribution in [3.05, 3.63) is 41.7 Å². The number of rotatable bonds is 7. The number of nitrogens with zero attached hydrogens (tertiary/aromatic N) is 2. The van der Waals surface area contributed by atoms with Gasteiger partial charge in [-0.05, 0) is 30.4 Å². The minimum Gasteiger partial charge on any atom is -0.478 e. The Morgan fingerprint density at radius 2 is 2.08 bits per heavy atom. The summed E-state index contributed by atoms with van der Waals surface area (Å²) in [6.07, 6.45) is -3.32. The highest BCUT2D eigenvalue weighted by atomic mass is 32.2. The molecule has 2 rings (SSSR count). The highest BCUT2D eigenvalue weighted by molar-refractivity contribution is 7.99. The summed E-state index contributed by atoms with van der Waals surface area (Å²) in [5.41, 5.74) is -2.04. The standard InChI is InChI=1S/C16H16F3N3O3S/c1-2-6-26-9-13(23)21-10-4-3-5-11(7-10)22-14(16(17,18)19)12(8-20-22)15(24)25/h3-5,7-8H,2,6,9H2,1H3,(H,21,23)(H,24,25). The number of thioether (sulfide) groups is 1. The van der Waals surface area contributed by atoms with Crippen LogP contribution in [0.15, 0.2) is 30.5 Å². The van der Waals surface area contributed by atoms with Crippen molar-refractivity contribution in [2.45, 2.75) is 19.5 Å². The number of hydrogen-bond acceptors (Lipinski definition) is 4. The molecule has 0 aliphatic rings. The molecular formula is C16H16F3N3O3S. The second-order valence-corrected chi connectivity index (χ2v) is 6.38. The monoisotopic (exact) mass is 387 g/mol. The van der Waals surface area contributed by atoms with Crippen LogP contribution in [0.1, 0.15) is 29.4 Å². The molecule has 0 unspecified atom stereocenters. The van der Waals surface area contributed by atoms with Crippen molar-refractivity contribution in [1.82, 2.24) is 9.78 Å². The Morgan fingerprint density at radius 1 is 1.35 bits per heavy atom. The van der Waals surface area contributed by atoms with Gasteiger partial charge in [0.1, 0.15) is 5.56 Å². The number of anilines is 1. The van der Waals surface area contributed by atoms with Crippen LogP contribution in [-0.4, -0.2) is 38.3 Å². The molecular weight excluding hydrogens is 371 g/mol. The fourth-order valence-corrected chi connectivity index (χ4v) is 2.89. The molecule has 0 aliphatic heterocycles. The lowest BCUT2D eigenvalue weighted by atomic mass is 10.2. The van der Waals surface area contributed by atoms with Crippen LogP contribution >= 0.6 is 11.8 Å². The Morgan fingerprint density at radius 3 is 2.69 bits per heavy atom. The minimum atomic E-state index is -4.90. The summed E-state index contributed by atoms with van der Waals surface area (Å²) in [4.78, 5) is 22.9. The number of halogens is 3. The summed E-state index contributed by atoms with van der Waals surface area (Å²) in [7, 11) is 0. The number of amides is 1. The zero-order valence-corrected chi connectivity index (χ0v) is 14.5. The predicted molar refractivity (Wildman–Crippen MR) is 91.8 cm³/mol. The van der Waals surface area contributed by atoms with Crippen molar-refractivity contribution < 1.29 is 27.9 Å². The average Bonchev–Trinajstić information content (AvgIpc) is 3.01. The summed E-state index contributed by atoms with van der Waals surface area (Å²) < 4.78 is 40.3. The van der Waals surface area contributed by atoms with E-state index in [9.17, 15) is 22.8 Å². The molecule has 10 heteroatoms. The van der Waals surface area contributed by atoms with Crippen LogP contribution in [0.25, 0.3) is 5.69 Å². The number of benzene rings is 1. The molecule has 6 nitrogen and oxygen atoms in total. The van der Waals surface area contributed by atoms with Crippen molar-refractivity contribution in [2.24, 2.45) is 0 Å². The predicted octanol–water partition coefficient (Wildman–Crippen LogP) is 3.67. The van der Waals surface area contributed by atoms with E-state index < -0.39 is 23.4 Å². The lowest BCUT2D eigenvalue weighted by Crippen LogP contribution is -2.18. The lowest BCUT2D eigenvalue weighted by molar-refractivity contribution is -0.143. The maximum Gasteiger partial charge on any atom is 0.434 e. The van der Waals surface area contributed by atoms with Gasteiger partial charge in [-0.15, -0.1) is 0 Å². The van der Waals surface area contributed by atoms with Crippen LogP contribution in [0.2, 0.25) is 0 Å². The molecule has 1 heterocycles. The quantitative estimate of drug-likeness (QED) is 0.708. The van der Waals surface area contributed by atoms with Gasteiger partial charge < -0.3 is 10.4 Å². The Labute approximate surface area is 151 Å². The number of hydrogen-bond donors (Lipinski definition) is 2. The van der Waals surface area contributed by atoms with Gasteiger partial charge >= 0.3 is 12.1 Å². The largest absolute Gasteiger partial charge is 0.478 e. The van der Waals surface area contributed by atoms with E-state index in [1.54, 1.807) is 0 Å². The summed E-state index contributed by atoms with van der Waals surface area (Å²) in [6, 6.07) is 5.62. The molecule has 2 aromatic rings. The molecule has 140 valence electrons. The molecule has 2 N–H and O–H groups in total. The first-order valence-electron chi connectivity index (χ1n) is 7.60. The number of aromatic nitrogens is 2. The second-order valence-electron chi connectivity index (χ2n) is 5.27. The number of carbonyl (C=O) groups is 2. The third-order valence-electron chi connectivity index (χ3n) is 3.22. The van der Waals surface area contributed by atoms with Crippen LogP contribution in [-0.2, 0) is 11.0 Å². The van der Waals surface area contributed by atoms with Gasteiger partial charge in [0.15, 0.2) is 5.69 Å². The second kappa shape index (κ2) is 8.26. The zero-order valence-electron chi connectivity index (χ0n) is 13.7. The smallest absolute Gasteiger partial charge is 0.434 e. The lowest BCUT2D eigenvalue weighted by Gasteiger charge is -2.13. The average molecular weight is 387 g/mol. The first-order valence-corrected chi connectivity index (χ1v) is 8.76. The molecule has 26 heavy (non-hydrogen) atoms. The molecule has 0 aliphatic carbocycles. The SMILES string of the molecule is CCCSCC(=O)Nc1cccc(-n2ncc(C(=O)O)c2C(F)(F)F)c1. The normalized spacial score (nSPS) is 11.4. The minimum absolute atomic E-state index is 0.0103. The van der Waals surface area contributed by atoms with Crippen molar-refractivity contribution in [2.75, 3.05) is 16.8 Å². The van der Waals surface area contributed by atoms with Crippen LogP contribution in [0.3, 0.4) is 0 Å². The molecule has 0 radical (unpaired) electrons. The first-order chi connectivity index (χ1) is 12.2. The number of carbonyl (C=O) groups excluding carboxylic acids is 1. The van der Waals surface area contributed by atoms with Crippen molar-refractivity contribution in [3.8, 4) is 5.69 Å². The van der Waals surface area contributed by atoms with Crippen molar-refractivity contribution in [1.29, 1.82) is 0 Å². The number of carboxylic acids is 1. The van der Waals surface area contributed by atoms with E-state index >= 15 is 0 Å². The Balaban J connectivity index is 2.31. The fourth-order valence-electron chi connectivity index (χ4n) is 2.20. The Hall–Kier alpha value is -2.49. The zero-order chi connectivity index (χ0) is 19.3. The molecule has 0 saturated heterocycles. The maximum atomic E-state index is 13.3. The van der Waals surface area contributed by atoms with Crippen molar-refractivity contribution >= 4 is 29.3 Å². The summed E-state index contributed by atoms with van der Waals surface area (Å²) in [6.45, 7) is 1.99. The Kier molecular flexibility index (Phi) is 6.30. The van der Waals surface area contributed by atoms with Gasteiger partial charge in [0.2, 0.25) is 5.91 Å². The number of nitrogens with one attached hydrogen (secondary N) is 1. The number of aromatic carboxylic acids is 1. The van der Waals surface area contributed by atoms with Gasteiger partial charge in [0, 0.05) is 5.69 Å². The Bertz CT molecular complexity index is 806. The third kappa shape index (κ3) is 4.78. The molecule has 0 spiro atoms. The van der Waals surface area contributed by atoms with Gasteiger partial charge in [-0.25, -0.2) is 9.48 Å². The molecule has 0 bridgehead atoms. The summed E-state index contributed by atoms with van der Waals surface area (Å²) >= 11 is 1.45. The molecule has 0 fully saturated rings. The molecule has 1 aromatic carbocycles. The molecule has 1 amide bonds. The molecule has 0 atom stereocenters. The van der Waals surface area contributed by atoms with Gasteiger partial charge in [-0.3, -0.25) is 4.79 Å². The van der Waals surface area contributed by atoms with E-state index in [0.717, 1.165) is 12.2 Å². The third-order valence-corrected chi connectivity index (χ3v) is 4.39. The van der Waals surface area contributed by atoms with E-state index in [0.29, 0.717) is 16.6 Å². The van der Waals surface area contributed by atoms with Crippen LogP contribution in [0.5, 0.6) is 0 Å². The summed E-state index contributed by atoms with van der Waals surface area (Å²) in [5, 5.41) is 15.1. The van der Waals surface area contributed by atoms with Gasteiger partial charge in [-0.2, -0.15) is 30.0 Å². The maximum absolute atomic E-state index is 13.3. The first kappa shape index (κ1) is 19.8. The number of alkyl halides is 3. The van der Waals surface area contributed by atoms with E-state index in [1.807, 2.05) is 6.92 Å². The fraction of sp³-hybridized carbons (Fsp3) is 0.312. The van der Waals surface area contributed by atoms with Gasteiger partial charge in [0.05, 0.1) is 17.6 Å². The van der Waals surface area contributed by atoms with E-state index in [1.165, 1.54) is 36.0 Å². The van der Waals surface area contributed by atoms with E-state index in [4.69, 9.17) is 5.11 Å². The summed E-state index contributed by atoms with van der Waals surface area (Å²) in [5.74, 6) is -0.936. The molecule has 0 saturated carbocycles. The van der Waals surface area contributed by atoms with E-state index in [2.05, 4.69) is 10.4 Å². The number of carboxylic acid groups (broad SMARTS) is 1. The van der Waals surface area contributed by atoms with Crippen LogP contribution in [0, 0.1) is 0 Å². The highest BCUT2D eigenvalue weighted by Gasteiger charge is 2.40. The van der Waals surface area contributed by atoms with Crippen LogP contribution < -0.4 is 5.32 Å². The highest BCUT2D eigenvalue weighted by Crippen LogP contribution is 2.34. The molecule has 1 aromatic heterocycles. The topological polar surface area (TPSA) is 84.2 Å². The van der Waals surface area contributed by atoms with E-state index in [-0.39, 0.29) is 17.3 Å². The van der Waals surface area contributed by atoms with Crippen LogP contribution in [0.4, 0.5) is 18.9 Å².